The van der Waals surface area contributed by atoms with E-state index in [-0.39, 0.29) is 0 Å². The Bertz CT molecular complexity index is 1020. The summed E-state index contributed by atoms with van der Waals surface area (Å²) in [5, 5.41) is 2.27. The van der Waals surface area contributed by atoms with Gasteiger partial charge in [-0.1, -0.05) is 13.0 Å². The number of carbonyl (C=O) groups excluding carboxylic acids is 1. The van der Waals surface area contributed by atoms with Crippen molar-refractivity contribution >= 4 is 33.5 Å². The molecule has 0 spiro atoms. The van der Waals surface area contributed by atoms with Gasteiger partial charge in [0.15, 0.2) is 0 Å². The van der Waals surface area contributed by atoms with Crippen LogP contribution < -0.4 is 4.90 Å². The lowest BCUT2D eigenvalue weighted by molar-refractivity contribution is -0.134. The van der Waals surface area contributed by atoms with Crippen LogP contribution in [0.3, 0.4) is 0 Å². The van der Waals surface area contributed by atoms with Crippen LogP contribution in [0.25, 0.3) is 21.9 Å². The molecule has 2 aliphatic rings. The quantitative estimate of drug-likeness (QED) is 0.742. The number of amides is 1. The van der Waals surface area contributed by atoms with E-state index in [1.807, 2.05) is 12.3 Å². The molecule has 1 N–H and O–H groups in total. The Labute approximate surface area is 170 Å². The lowest BCUT2D eigenvalue weighted by atomic mass is 10.0. The molecular weight excluding hydrogens is 364 g/mol. The van der Waals surface area contributed by atoms with Gasteiger partial charge in [0.25, 0.3) is 0 Å². The van der Waals surface area contributed by atoms with E-state index in [4.69, 9.17) is 0 Å². The average molecular weight is 393 g/mol. The second-order valence-electron chi connectivity index (χ2n) is 8.44. The fourth-order valence-electron chi connectivity index (χ4n) is 4.73. The zero-order chi connectivity index (χ0) is 19.8. The van der Waals surface area contributed by atoms with Gasteiger partial charge in [0.1, 0.15) is 5.65 Å². The minimum atomic E-state index is 0.290. The van der Waals surface area contributed by atoms with Crippen LogP contribution in [0, 0.1) is 5.92 Å². The van der Waals surface area contributed by atoms with Crippen molar-refractivity contribution in [2.45, 2.75) is 19.8 Å². The van der Waals surface area contributed by atoms with Crippen LogP contribution in [-0.4, -0.2) is 76.5 Å². The van der Waals surface area contributed by atoms with Crippen molar-refractivity contribution in [1.82, 2.24) is 24.8 Å². The van der Waals surface area contributed by atoms with Gasteiger partial charge in [-0.25, -0.2) is 4.98 Å². The maximum absolute atomic E-state index is 12.7. The summed E-state index contributed by atoms with van der Waals surface area (Å²) in [4.78, 5) is 31.7. The number of aromatic nitrogens is 3. The number of carbonyl (C=O) groups is 1. The molecule has 1 amide bonds. The second-order valence-corrected chi connectivity index (χ2v) is 8.44. The third-order valence-electron chi connectivity index (χ3n) is 6.34. The first-order valence-corrected chi connectivity index (χ1v) is 10.6. The summed E-state index contributed by atoms with van der Waals surface area (Å²) in [6.45, 7) is 8.25. The molecule has 0 saturated carbocycles. The van der Waals surface area contributed by atoms with Gasteiger partial charge in [-0.05, 0) is 24.8 Å². The van der Waals surface area contributed by atoms with Crippen LogP contribution >= 0.6 is 0 Å². The molecule has 2 saturated heterocycles. The molecule has 2 aliphatic heterocycles. The molecule has 29 heavy (non-hydrogen) atoms. The number of anilines is 1. The van der Waals surface area contributed by atoms with Crippen LogP contribution in [0.4, 0.5) is 5.69 Å². The van der Waals surface area contributed by atoms with Gasteiger partial charge < -0.3 is 14.8 Å². The molecule has 7 nitrogen and oxygen atoms in total. The summed E-state index contributed by atoms with van der Waals surface area (Å²) in [6, 6.07) is 4.09. The van der Waals surface area contributed by atoms with Crippen LogP contribution in [0.2, 0.25) is 0 Å². The summed E-state index contributed by atoms with van der Waals surface area (Å²) < 4.78 is 0. The predicted octanol–water partition coefficient (Wildman–Crippen LogP) is 2.49. The fraction of sp³-hybridized carbons (Fsp3) is 0.500. The van der Waals surface area contributed by atoms with Crippen LogP contribution in [0.5, 0.6) is 0 Å². The highest BCUT2D eigenvalue weighted by Crippen LogP contribution is 2.32. The third-order valence-corrected chi connectivity index (χ3v) is 6.34. The van der Waals surface area contributed by atoms with Crippen molar-refractivity contribution in [2.75, 3.05) is 50.7 Å². The van der Waals surface area contributed by atoms with E-state index in [2.05, 4.69) is 48.8 Å². The van der Waals surface area contributed by atoms with Crippen molar-refractivity contribution in [1.29, 1.82) is 0 Å². The third kappa shape index (κ3) is 3.55. The molecule has 3 aromatic rings. The summed E-state index contributed by atoms with van der Waals surface area (Å²) >= 11 is 0. The summed E-state index contributed by atoms with van der Waals surface area (Å²) in [5.74, 6) is 0.919. The van der Waals surface area contributed by atoms with Crippen molar-refractivity contribution in [3.8, 4) is 0 Å². The van der Waals surface area contributed by atoms with Gasteiger partial charge in [-0.3, -0.25) is 14.7 Å². The Morgan fingerprint density at radius 2 is 2.07 bits per heavy atom. The van der Waals surface area contributed by atoms with E-state index < -0.39 is 0 Å². The molecule has 7 heteroatoms. The van der Waals surface area contributed by atoms with Crippen molar-refractivity contribution in [2.24, 2.45) is 5.92 Å². The molecule has 152 valence electrons. The Morgan fingerprint density at radius 3 is 2.90 bits per heavy atom. The molecule has 0 bridgehead atoms. The maximum Gasteiger partial charge on any atom is 0.236 e. The Hall–Kier alpha value is -2.67. The molecule has 1 unspecified atom stereocenters. The number of likely N-dealkylation sites (tertiary alicyclic amines) is 1. The number of rotatable bonds is 3. The topological polar surface area (TPSA) is 68.4 Å². The van der Waals surface area contributed by atoms with E-state index in [9.17, 15) is 4.79 Å². The number of H-pyrrole nitrogens is 1. The van der Waals surface area contributed by atoms with Gasteiger partial charge in [0, 0.05) is 57.0 Å². The Balaban J connectivity index is 1.27. The summed E-state index contributed by atoms with van der Waals surface area (Å²) in [6.07, 6.45) is 8.06. The van der Waals surface area contributed by atoms with Gasteiger partial charge in [-0.15, -0.1) is 0 Å². The first-order chi connectivity index (χ1) is 14.2. The van der Waals surface area contributed by atoms with E-state index in [0.717, 1.165) is 67.6 Å². The number of piperazine rings is 1. The number of fused-ring (bicyclic) bond motifs is 3. The zero-order valence-corrected chi connectivity index (χ0v) is 17.0. The molecule has 5 heterocycles. The molecule has 2 fully saturated rings. The molecule has 1 atom stereocenters. The number of aromatic amines is 1. The maximum atomic E-state index is 12.7. The number of pyridine rings is 2. The van der Waals surface area contributed by atoms with Crippen LogP contribution in [0.1, 0.15) is 19.8 Å². The van der Waals surface area contributed by atoms with Crippen LogP contribution in [0.15, 0.2) is 30.7 Å². The molecule has 0 radical (unpaired) electrons. The SMILES string of the molecule is CC1CCCN(C(=O)CN2CCN(c3c[nH]c4ncc5ncccc5c34)CC2)C1. The minimum absolute atomic E-state index is 0.290. The lowest BCUT2D eigenvalue weighted by Gasteiger charge is -2.37. The summed E-state index contributed by atoms with van der Waals surface area (Å²) in [7, 11) is 0. The highest BCUT2D eigenvalue weighted by molar-refractivity contribution is 6.10. The number of nitrogens with zero attached hydrogens (tertiary/aromatic N) is 5. The van der Waals surface area contributed by atoms with Gasteiger partial charge >= 0.3 is 0 Å². The van der Waals surface area contributed by atoms with Crippen molar-refractivity contribution < 1.29 is 4.79 Å². The smallest absolute Gasteiger partial charge is 0.236 e. The highest BCUT2D eigenvalue weighted by atomic mass is 16.2. The highest BCUT2D eigenvalue weighted by Gasteiger charge is 2.26. The van der Waals surface area contributed by atoms with E-state index >= 15 is 0 Å². The van der Waals surface area contributed by atoms with Crippen molar-refractivity contribution in [3.05, 3.63) is 30.7 Å². The van der Waals surface area contributed by atoms with E-state index in [1.54, 1.807) is 6.20 Å². The van der Waals surface area contributed by atoms with Gasteiger partial charge in [0.05, 0.1) is 29.3 Å². The number of hydrogen-bond donors (Lipinski definition) is 1. The molecular formula is C22H28N6O. The Kier molecular flexibility index (Phi) is 4.83. The minimum Gasteiger partial charge on any atom is -0.367 e. The standard InChI is InChI=1S/C22H28N6O/c1-16-4-3-7-28(14-16)20(29)15-26-8-10-27(11-9-26)19-13-25-22-21(19)17-5-2-6-23-18(17)12-24-22/h2,5-6,12-13,16H,3-4,7-11,14-15H2,1H3,(H,24,25). The number of piperidine rings is 1. The second kappa shape index (κ2) is 7.63. The largest absolute Gasteiger partial charge is 0.367 e. The molecule has 5 rings (SSSR count). The summed E-state index contributed by atoms with van der Waals surface area (Å²) in [5.41, 5.74) is 3.00. The first kappa shape index (κ1) is 18.4. The normalized spacial score (nSPS) is 21.2. The molecule has 3 aromatic heterocycles. The van der Waals surface area contributed by atoms with Gasteiger partial charge in [-0.2, -0.15) is 0 Å². The molecule has 0 aromatic carbocycles. The monoisotopic (exact) mass is 392 g/mol. The lowest BCUT2D eigenvalue weighted by Crippen LogP contribution is -2.51. The predicted molar refractivity (Wildman–Crippen MR) is 115 cm³/mol. The van der Waals surface area contributed by atoms with Gasteiger partial charge in [0.2, 0.25) is 5.91 Å². The zero-order valence-electron chi connectivity index (χ0n) is 17.0. The first-order valence-electron chi connectivity index (χ1n) is 10.6. The van der Waals surface area contributed by atoms with E-state index in [1.165, 1.54) is 12.1 Å². The van der Waals surface area contributed by atoms with Crippen LogP contribution in [-0.2, 0) is 4.79 Å². The number of hydrogen-bond acceptors (Lipinski definition) is 5. The molecule has 0 aliphatic carbocycles. The number of nitrogens with one attached hydrogen (secondary N) is 1. The Morgan fingerprint density at radius 1 is 1.21 bits per heavy atom. The average Bonchev–Trinajstić information content (AvgIpc) is 3.19. The van der Waals surface area contributed by atoms with Crippen molar-refractivity contribution in [3.63, 3.8) is 0 Å². The van der Waals surface area contributed by atoms with E-state index in [0.29, 0.717) is 18.4 Å². The fourth-order valence-corrected chi connectivity index (χ4v) is 4.73.